The number of benzene rings is 2. The molecule has 11 unspecified atom stereocenters. The third-order valence-corrected chi connectivity index (χ3v) is 8.62. The van der Waals surface area contributed by atoms with Crippen LogP contribution in [0.15, 0.2) is 61.1 Å². The van der Waals surface area contributed by atoms with E-state index in [1.807, 2.05) is 18.2 Å². The van der Waals surface area contributed by atoms with E-state index in [0.29, 0.717) is 21.8 Å². The fourth-order valence-corrected chi connectivity index (χ4v) is 6.02. The van der Waals surface area contributed by atoms with Crippen molar-refractivity contribution in [1.82, 2.24) is 9.55 Å². The second-order valence-electron chi connectivity index (χ2n) is 11.8. The van der Waals surface area contributed by atoms with E-state index in [2.05, 4.69) is 10.3 Å². The average Bonchev–Trinajstić information content (AvgIpc) is 3.56. The third kappa shape index (κ3) is 7.92. The van der Waals surface area contributed by atoms with E-state index in [9.17, 15) is 35.3 Å². The summed E-state index contributed by atoms with van der Waals surface area (Å²) in [4.78, 5) is 25.9. The molecule has 3 aliphatic heterocycles. The Labute approximate surface area is 284 Å². The molecule has 3 saturated heterocycles. The molecule has 4 heterocycles. The predicted molar refractivity (Wildman–Crippen MR) is 166 cm³/mol. The number of hydrogen-bond donors (Lipinski definition) is 5. The van der Waals surface area contributed by atoms with Crippen molar-refractivity contribution in [2.45, 2.75) is 87.8 Å². The van der Waals surface area contributed by atoms with Gasteiger partial charge in [-0.25, -0.2) is 0 Å². The molecular formula is C31H35ClN4O13. The maximum atomic E-state index is 11.5. The van der Waals surface area contributed by atoms with Gasteiger partial charge in [0.2, 0.25) is 12.2 Å². The number of amides is 1. The summed E-state index contributed by atoms with van der Waals surface area (Å²) in [6.45, 7) is 0.990. The molecule has 1 aromatic heterocycles. The molecule has 3 fully saturated rings. The number of anilines is 1. The standard InChI is InChI=1S/C31H35ClN4O13/c1-15(37)34-19-9-16(7-8-18(19)32)12-44-30-25(40)23(38)27(20(46-30)10-35-11-22(33-14-35)36(42)43)49-31-26(41)24(39)28-21(47-31)13-45-29(48-28)17-5-3-2-4-6-17/h2-9,11,14,20-21,23-31,38-41H,10,12-13H2,1H3,(H,34,37). The Bertz CT molecular complexity index is 1610. The molecule has 0 spiro atoms. The van der Waals surface area contributed by atoms with E-state index < -0.39 is 78.4 Å². The van der Waals surface area contributed by atoms with Crippen molar-refractivity contribution in [3.63, 3.8) is 0 Å². The highest BCUT2D eigenvalue weighted by Gasteiger charge is 2.53. The third-order valence-electron chi connectivity index (χ3n) is 8.29. The summed E-state index contributed by atoms with van der Waals surface area (Å²) in [5.41, 5.74) is 1.60. The summed E-state index contributed by atoms with van der Waals surface area (Å²) < 4.78 is 36.9. The number of nitrogens with one attached hydrogen (secondary N) is 1. The van der Waals surface area contributed by atoms with E-state index in [-0.39, 0.29) is 25.7 Å². The van der Waals surface area contributed by atoms with E-state index >= 15 is 0 Å². The molecule has 0 bridgehead atoms. The highest BCUT2D eigenvalue weighted by Crippen LogP contribution is 2.36. The predicted octanol–water partition coefficient (Wildman–Crippen LogP) is 1.01. The number of imidazole rings is 1. The van der Waals surface area contributed by atoms with E-state index in [1.165, 1.54) is 17.8 Å². The highest BCUT2D eigenvalue weighted by molar-refractivity contribution is 6.33. The van der Waals surface area contributed by atoms with Crippen LogP contribution in [0.3, 0.4) is 0 Å². The Morgan fingerprint density at radius 2 is 1.82 bits per heavy atom. The van der Waals surface area contributed by atoms with Crippen LogP contribution in [0.25, 0.3) is 0 Å². The van der Waals surface area contributed by atoms with Crippen LogP contribution in [0.4, 0.5) is 11.5 Å². The molecule has 1 amide bonds. The van der Waals surface area contributed by atoms with Crippen LogP contribution in [0, 0.1) is 10.1 Å². The summed E-state index contributed by atoms with van der Waals surface area (Å²) in [5, 5.41) is 58.7. The smallest absolute Gasteiger partial charge is 0.381 e. The molecule has 3 aromatic rings. The van der Waals surface area contributed by atoms with Crippen LogP contribution < -0.4 is 5.32 Å². The summed E-state index contributed by atoms with van der Waals surface area (Å²) in [5.74, 6) is -0.775. The van der Waals surface area contributed by atoms with Crippen molar-refractivity contribution < 1.29 is 58.6 Å². The first-order valence-corrected chi connectivity index (χ1v) is 15.7. The zero-order valence-corrected chi connectivity index (χ0v) is 26.7. The minimum absolute atomic E-state index is 0.0212. The molecule has 18 heteroatoms. The Morgan fingerprint density at radius 3 is 2.53 bits per heavy atom. The number of halogens is 1. The van der Waals surface area contributed by atoms with Gasteiger partial charge < -0.3 is 68.8 Å². The number of aliphatic hydroxyl groups excluding tert-OH is 4. The Morgan fingerprint density at radius 1 is 1.06 bits per heavy atom. The number of aromatic nitrogens is 2. The van der Waals surface area contributed by atoms with Crippen LogP contribution in [-0.2, 0) is 46.4 Å². The first-order valence-electron chi connectivity index (χ1n) is 15.3. The zero-order valence-electron chi connectivity index (χ0n) is 25.9. The van der Waals surface area contributed by atoms with Gasteiger partial charge in [0, 0.05) is 12.5 Å². The van der Waals surface area contributed by atoms with Gasteiger partial charge in [0.25, 0.3) is 0 Å². The number of ether oxygens (including phenoxy) is 6. The lowest BCUT2D eigenvalue weighted by atomic mass is 9.96. The Hall–Kier alpha value is -3.59. The first-order chi connectivity index (χ1) is 23.5. The molecule has 3 aliphatic rings. The molecule has 0 radical (unpaired) electrons. The van der Waals surface area contributed by atoms with Crippen molar-refractivity contribution in [3.05, 3.63) is 87.3 Å². The molecule has 17 nitrogen and oxygen atoms in total. The van der Waals surface area contributed by atoms with Crippen LogP contribution in [0.2, 0.25) is 5.02 Å². The maximum Gasteiger partial charge on any atom is 0.381 e. The number of carbonyl (C=O) groups is 1. The second-order valence-corrected chi connectivity index (χ2v) is 12.2. The molecular weight excluding hydrogens is 672 g/mol. The SMILES string of the molecule is CC(=O)Nc1cc(COC2OC(Cn3cnc([N+](=O)[O-])c3)C(OC3OC4COC(c5ccccc5)OC4C(O)C3O)C(O)C2O)ccc1Cl. The second kappa shape index (κ2) is 15.1. The van der Waals surface area contributed by atoms with E-state index in [1.54, 1.807) is 30.3 Å². The largest absolute Gasteiger partial charge is 0.387 e. The van der Waals surface area contributed by atoms with Crippen molar-refractivity contribution in [2.75, 3.05) is 11.9 Å². The number of nitrogens with zero attached hydrogens (tertiary/aromatic N) is 3. The van der Waals surface area contributed by atoms with Crippen molar-refractivity contribution in [1.29, 1.82) is 0 Å². The molecule has 5 N–H and O–H groups in total. The number of nitro groups is 1. The lowest BCUT2D eigenvalue weighted by molar-refractivity contribution is -0.389. The number of hydrogen-bond acceptors (Lipinski definition) is 14. The minimum Gasteiger partial charge on any atom is -0.387 e. The summed E-state index contributed by atoms with van der Waals surface area (Å²) in [6, 6.07) is 13.8. The lowest BCUT2D eigenvalue weighted by Crippen LogP contribution is -2.65. The Kier molecular flexibility index (Phi) is 10.9. The number of fused-ring (bicyclic) bond motifs is 1. The monoisotopic (exact) mass is 706 g/mol. The highest BCUT2D eigenvalue weighted by atomic mass is 35.5. The molecule has 2 aromatic carbocycles. The average molecular weight is 707 g/mol. The number of carbonyl (C=O) groups excluding carboxylic acids is 1. The van der Waals surface area contributed by atoms with Crippen LogP contribution in [-0.4, -0.2) is 109 Å². The van der Waals surface area contributed by atoms with Crippen molar-refractivity contribution in [2.24, 2.45) is 0 Å². The van der Waals surface area contributed by atoms with E-state index in [4.69, 9.17) is 40.0 Å². The van der Waals surface area contributed by atoms with Gasteiger partial charge in [-0.3, -0.25) is 4.79 Å². The number of aliphatic hydroxyl groups is 4. The van der Waals surface area contributed by atoms with Crippen LogP contribution in [0.5, 0.6) is 0 Å². The molecule has 11 atom stereocenters. The summed E-state index contributed by atoms with van der Waals surface area (Å²) in [6.07, 6.45) is -12.4. The van der Waals surface area contributed by atoms with Gasteiger partial charge in [-0.15, -0.1) is 0 Å². The molecule has 49 heavy (non-hydrogen) atoms. The molecule has 264 valence electrons. The van der Waals surface area contributed by atoms with Gasteiger partial charge in [-0.2, -0.15) is 0 Å². The molecule has 6 rings (SSSR count). The fourth-order valence-electron chi connectivity index (χ4n) is 5.86. The zero-order chi connectivity index (χ0) is 34.8. The Balaban J connectivity index is 1.17. The van der Waals surface area contributed by atoms with Gasteiger partial charge in [-0.1, -0.05) is 48.0 Å². The minimum atomic E-state index is -1.70. The van der Waals surface area contributed by atoms with E-state index in [0.717, 1.165) is 6.20 Å². The van der Waals surface area contributed by atoms with Gasteiger partial charge in [0.1, 0.15) is 55.0 Å². The summed E-state index contributed by atoms with van der Waals surface area (Å²) in [7, 11) is 0. The fraction of sp³-hybridized carbons (Fsp3) is 0.484. The van der Waals surface area contributed by atoms with Crippen LogP contribution >= 0.6 is 11.6 Å². The number of rotatable bonds is 10. The molecule has 0 aliphatic carbocycles. The van der Waals surface area contributed by atoms with Crippen molar-refractivity contribution in [3.8, 4) is 0 Å². The first kappa shape index (κ1) is 35.2. The maximum absolute atomic E-state index is 11.5. The van der Waals surface area contributed by atoms with Crippen LogP contribution in [0.1, 0.15) is 24.3 Å². The quantitative estimate of drug-likeness (QED) is 0.147. The topological polar surface area (TPSA) is 226 Å². The van der Waals surface area contributed by atoms with Crippen molar-refractivity contribution >= 4 is 29.0 Å². The summed E-state index contributed by atoms with van der Waals surface area (Å²) >= 11 is 6.16. The van der Waals surface area contributed by atoms with Gasteiger partial charge in [0.15, 0.2) is 18.9 Å². The lowest BCUT2D eigenvalue weighted by Gasteiger charge is -2.48. The van der Waals surface area contributed by atoms with Gasteiger partial charge in [0.05, 0.1) is 30.5 Å². The normalized spacial score (nSPS) is 33.1. The molecule has 0 saturated carbocycles. The van der Waals surface area contributed by atoms with Gasteiger partial charge >= 0.3 is 5.82 Å². The van der Waals surface area contributed by atoms with Gasteiger partial charge in [-0.05, 0) is 27.6 Å².